The third kappa shape index (κ3) is 6.84. The number of hydrogen-bond donors (Lipinski definition) is 3. The topological polar surface area (TPSA) is 110 Å². The van der Waals surface area contributed by atoms with Crippen molar-refractivity contribution in [2.75, 3.05) is 23.3 Å². The van der Waals surface area contributed by atoms with E-state index in [9.17, 15) is 4.79 Å². The van der Waals surface area contributed by atoms with Crippen LogP contribution in [-0.2, 0) is 4.79 Å². The van der Waals surface area contributed by atoms with E-state index in [2.05, 4.69) is 21.4 Å². The average molecular weight is 520 g/mol. The highest BCUT2D eigenvalue weighted by Crippen LogP contribution is 2.45. The molecule has 194 valence electrons. The standard InChI is InChI=1S/C21H15N3O2S.C4H9N.C2H6.CH3NO/c1-13-19-18-17(11-12-22-20(18)27-13)24(21(25)23-19)14-7-9-16(10-8-14)26-15-5-3-2-4-6-15;1-2-4-5-3-1;1-2;2-1-3/h2-12H,1H3,(H,23,25);5H,1-4H2;1-2H3;1H,(H2,2,3). The molecule has 4 heterocycles. The number of para-hydroxylation sites is 1. The number of ether oxygens (including phenoxy) is 1. The van der Waals surface area contributed by atoms with E-state index < -0.39 is 0 Å². The maximum Gasteiger partial charge on any atom is 0.331 e. The molecule has 3 amide bonds. The lowest BCUT2D eigenvalue weighted by atomic mass is 10.1. The van der Waals surface area contributed by atoms with Crippen LogP contribution in [0.2, 0.25) is 0 Å². The number of nitrogens with one attached hydrogen (secondary N) is 2. The number of anilines is 3. The molecule has 0 atom stereocenters. The molecule has 0 radical (unpaired) electrons. The Balaban J connectivity index is 0.000000326. The van der Waals surface area contributed by atoms with Crippen LogP contribution in [-0.4, -0.2) is 30.5 Å². The fourth-order valence-electron chi connectivity index (χ4n) is 3.90. The molecule has 9 heteroatoms. The van der Waals surface area contributed by atoms with E-state index >= 15 is 0 Å². The minimum absolute atomic E-state index is 0.173. The number of nitrogens with zero attached hydrogens (tertiary/aromatic N) is 2. The van der Waals surface area contributed by atoms with Crippen molar-refractivity contribution in [1.82, 2.24) is 10.3 Å². The molecule has 0 aliphatic carbocycles. The first kappa shape index (κ1) is 27.6. The van der Waals surface area contributed by atoms with Gasteiger partial charge in [0.1, 0.15) is 16.3 Å². The molecule has 0 spiro atoms. The highest BCUT2D eigenvalue weighted by molar-refractivity contribution is 7.19. The van der Waals surface area contributed by atoms with Crippen molar-refractivity contribution >= 4 is 51.1 Å². The van der Waals surface area contributed by atoms with Gasteiger partial charge in [-0.2, -0.15) is 0 Å². The van der Waals surface area contributed by atoms with Crippen LogP contribution < -0.4 is 26.0 Å². The van der Waals surface area contributed by atoms with E-state index in [1.54, 1.807) is 22.4 Å². The lowest BCUT2D eigenvalue weighted by Gasteiger charge is -2.28. The lowest BCUT2D eigenvalue weighted by molar-refractivity contribution is -0.106. The molecule has 4 N–H and O–H groups in total. The zero-order valence-electron chi connectivity index (χ0n) is 21.4. The molecule has 0 bridgehead atoms. The second-order valence-corrected chi connectivity index (χ2v) is 9.01. The molecule has 0 unspecified atom stereocenters. The van der Waals surface area contributed by atoms with Gasteiger partial charge >= 0.3 is 6.03 Å². The summed E-state index contributed by atoms with van der Waals surface area (Å²) in [6, 6.07) is 18.8. The van der Waals surface area contributed by atoms with Gasteiger partial charge in [-0.3, -0.25) is 9.69 Å². The summed E-state index contributed by atoms with van der Waals surface area (Å²) in [5.41, 5.74) is 6.65. The molecule has 8 nitrogen and oxygen atoms in total. The first-order valence-corrected chi connectivity index (χ1v) is 13.1. The minimum Gasteiger partial charge on any atom is -0.457 e. The number of rotatable bonds is 3. The number of carbonyl (C=O) groups is 2. The van der Waals surface area contributed by atoms with Crippen LogP contribution in [0, 0.1) is 6.92 Å². The van der Waals surface area contributed by atoms with Crippen LogP contribution in [0.4, 0.5) is 21.9 Å². The number of carbonyl (C=O) groups excluding carboxylic acids is 2. The number of hydrogen-bond acceptors (Lipinski definition) is 6. The van der Waals surface area contributed by atoms with Gasteiger partial charge in [-0.25, -0.2) is 9.78 Å². The zero-order chi connectivity index (χ0) is 26.6. The molecule has 2 aromatic carbocycles. The Kier molecular flexibility index (Phi) is 10.4. The number of urea groups is 1. The predicted molar refractivity (Wildman–Crippen MR) is 152 cm³/mol. The number of thiophene rings is 1. The summed E-state index contributed by atoms with van der Waals surface area (Å²) in [7, 11) is 0. The second kappa shape index (κ2) is 14.0. The molecule has 1 fully saturated rings. The van der Waals surface area contributed by atoms with E-state index in [0.29, 0.717) is 5.75 Å². The smallest absolute Gasteiger partial charge is 0.331 e. The van der Waals surface area contributed by atoms with Crippen LogP contribution in [0.3, 0.4) is 0 Å². The first-order valence-electron chi connectivity index (χ1n) is 12.3. The molecular formula is C28H33N5O3S. The van der Waals surface area contributed by atoms with Crippen LogP contribution >= 0.6 is 11.3 Å². The number of aryl methyl sites for hydroxylation is 1. The van der Waals surface area contributed by atoms with Gasteiger partial charge in [0, 0.05) is 11.1 Å². The van der Waals surface area contributed by atoms with E-state index in [4.69, 9.17) is 9.53 Å². The Morgan fingerprint density at radius 3 is 2.22 bits per heavy atom. The molecule has 6 rings (SSSR count). The third-order valence-electron chi connectivity index (χ3n) is 5.45. The number of primary amides is 1. The molecule has 2 aliphatic heterocycles. The Hall–Kier alpha value is -3.95. The molecule has 2 aromatic heterocycles. The summed E-state index contributed by atoms with van der Waals surface area (Å²) in [6.45, 7) is 8.50. The van der Waals surface area contributed by atoms with Gasteiger partial charge in [0.15, 0.2) is 0 Å². The number of amides is 3. The Labute approximate surface area is 221 Å². The van der Waals surface area contributed by atoms with Gasteiger partial charge in [-0.05, 0) is 75.3 Å². The molecule has 2 aliphatic rings. The van der Waals surface area contributed by atoms with Gasteiger partial charge in [0.05, 0.1) is 22.4 Å². The molecule has 37 heavy (non-hydrogen) atoms. The molecule has 1 saturated heterocycles. The van der Waals surface area contributed by atoms with Crippen LogP contribution in [0.25, 0.3) is 10.2 Å². The Bertz CT molecular complexity index is 1280. The molecule has 0 saturated carbocycles. The van der Waals surface area contributed by atoms with E-state index in [0.717, 1.165) is 37.9 Å². The quantitative estimate of drug-likeness (QED) is 0.265. The van der Waals surface area contributed by atoms with Gasteiger partial charge in [-0.1, -0.05) is 32.0 Å². The minimum atomic E-state index is -0.173. The van der Waals surface area contributed by atoms with Gasteiger partial charge < -0.3 is 21.1 Å². The van der Waals surface area contributed by atoms with Crippen molar-refractivity contribution in [3.8, 4) is 11.5 Å². The normalized spacial score (nSPS) is 13.2. The van der Waals surface area contributed by atoms with Crippen molar-refractivity contribution in [3.63, 3.8) is 0 Å². The van der Waals surface area contributed by atoms with E-state index in [1.807, 2.05) is 81.4 Å². The number of nitrogens with two attached hydrogens (primary N) is 1. The summed E-state index contributed by atoms with van der Waals surface area (Å²) in [5, 5.41) is 7.21. The maximum atomic E-state index is 12.8. The predicted octanol–water partition coefficient (Wildman–Crippen LogP) is 6.58. The first-order chi connectivity index (χ1) is 18.1. The van der Waals surface area contributed by atoms with E-state index in [1.165, 1.54) is 25.9 Å². The fourth-order valence-corrected chi connectivity index (χ4v) is 4.86. The summed E-state index contributed by atoms with van der Waals surface area (Å²) in [5.74, 6) is 1.49. The monoisotopic (exact) mass is 519 g/mol. The van der Waals surface area contributed by atoms with Crippen molar-refractivity contribution in [3.05, 3.63) is 71.7 Å². The summed E-state index contributed by atoms with van der Waals surface area (Å²) >= 11 is 1.59. The SMILES string of the molecule is C1CCNC1.CC.Cc1sc2nccc3c2c1NC(=O)N3c1ccc(Oc2ccccc2)cc1.NC=O. The van der Waals surface area contributed by atoms with E-state index in [-0.39, 0.29) is 12.4 Å². The Morgan fingerprint density at radius 1 is 1.00 bits per heavy atom. The van der Waals surface area contributed by atoms with Crippen molar-refractivity contribution in [1.29, 1.82) is 0 Å². The van der Waals surface area contributed by atoms with Crippen molar-refractivity contribution < 1.29 is 14.3 Å². The number of aromatic nitrogens is 1. The number of benzene rings is 2. The summed E-state index contributed by atoms with van der Waals surface area (Å²) in [4.78, 5) is 29.5. The fraction of sp³-hybridized carbons (Fsp3) is 0.250. The molecule has 4 aromatic rings. The summed E-state index contributed by atoms with van der Waals surface area (Å²) < 4.78 is 5.84. The molecular weight excluding hydrogens is 486 g/mol. The lowest BCUT2D eigenvalue weighted by Crippen LogP contribution is -2.33. The maximum absolute atomic E-state index is 12.8. The van der Waals surface area contributed by atoms with Crippen molar-refractivity contribution in [2.24, 2.45) is 5.73 Å². The second-order valence-electron chi connectivity index (χ2n) is 7.81. The van der Waals surface area contributed by atoms with Crippen molar-refractivity contribution in [2.45, 2.75) is 33.6 Å². The van der Waals surface area contributed by atoms with Crippen LogP contribution in [0.15, 0.2) is 66.9 Å². The van der Waals surface area contributed by atoms with Gasteiger partial charge in [0.2, 0.25) is 6.41 Å². The zero-order valence-corrected chi connectivity index (χ0v) is 22.2. The van der Waals surface area contributed by atoms with Gasteiger partial charge in [0.25, 0.3) is 0 Å². The highest BCUT2D eigenvalue weighted by Gasteiger charge is 2.29. The van der Waals surface area contributed by atoms with Gasteiger partial charge in [-0.15, -0.1) is 11.3 Å². The average Bonchev–Trinajstić information content (AvgIpc) is 3.61. The summed E-state index contributed by atoms with van der Waals surface area (Å²) in [6.07, 6.45) is 4.77. The van der Waals surface area contributed by atoms with Crippen LogP contribution in [0.5, 0.6) is 11.5 Å². The highest BCUT2D eigenvalue weighted by atomic mass is 32.1. The third-order valence-corrected chi connectivity index (χ3v) is 6.47. The largest absolute Gasteiger partial charge is 0.457 e. The van der Waals surface area contributed by atoms with Crippen LogP contribution in [0.1, 0.15) is 31.6 Å². The number of pyridine rings is 1. The Morgan fingerprint density at radius 2 is 1.62 bits per heavy atom.